The van der Waals surface area contributed by atoms with Gasteiger partial charge in [-0.1, -0.05) is 24.3 Å². The average molecular weight is 345 g/mol. The molecule has 5 heteroatoms. The van der Waals surface area contributed by atoms with Gasteiger partial charge in [-0.3, -0.25) is 4.79 Å². The number of benzene rings is 2. The van der Waals surface area contributed by atoms with E-state index in [1.807, 2.05) is 19.0 Å². The number of halogens is 1. The van der Waals surface area contributed by atoms with E-state index >= 15 is 0 Å². The normalized spacial score (nSPS) is 13.7. The fourth-order valence-electron chi connectivity index (χ4n) is 3.03. The van der Waals surface area contributed by atoms with Crippen LogP contribution in [0.5, 0.6) is 0 Å². The molecule has 2 aromatic rings. The number of carbonyl (C=O) groups excluding carboxylic acids is 1. The van der Waals surface area contributed by atoms with Crippen molar-refractivity contribution in [1.29, 1.82) is 0 Å². The first-order valence-electron chi connectivity index (χ1n) is 8.23. The molecule has 1 unspecified atom stereocenters. The molecule has 2 aromatic carbocycles. The van der Waals surface area contributed by atoms with Crippen LogP contribution in [0.25, 0.3) is 0 Å². The van der Waals surface area contributed by atoms with Crippen molar-refractivity contribution in [2.45, 2.75) is 25.0 Å². The van der Waals surface area contributed by atoms with E-state index in [-0.39, 0.29) is 12.4 Å². The minimum absolute atomic E-state index is 0.297. The first kappa shape index (κ1) is 19.2. The summed E-state index contributed by atoms with van der Waals surface area (Å²) in [6.45, 7) is 0.485. The van der Waals surface area contributed by atoms with Gasteiger partial charge < -0.3 is 15.1 Å². The van der Waals surface area contributed by atoms with E-state index in [9.17, 15) is 19.4 Å². The molecule has 2 N–H and O–H groups in total. The highest BCUT2D eigenvalue weighted by Gasteiger charge is 2.33. The van der Waals surface area contributed by atoms with Gasteiger partial charge in [0.25, 0.3) is 0 Å². The average Bonchev–Trinajstić information content (AvgIpc) is 2.61. The highest BCUT2D eigenvalue weighted by molar-refractivity contribution is 5.75. The monoisotopic (exact) mass is 345 g/mol. The highest BCUT2D eigenvalue weighted by atomic mass is 19.1. The Labute approximate surface area is 147 Å². The molecule has 2 rings (SSSR count). The summed E-state index contributed by atoms with van der Waals surface area (Å²) in [4.78, 5) is 13.0. The van der Waals surface area contributed by atoms with Crippen LogP contribution in [0.3, 0.4) is 0 Å². The minimum atomic E-state index is -1.37. The maximum Gasteiger partial charge on any atom is 0.150 e. The Morgan fingerprint density at radius 1 is 1.16 bits per heavy atom. The molecule has 0 saturated carbocycles. The largest absolute Gasteiger partial charge is 0.392 e. The van der Waals surface area contributed by atoms with Crippen LogP contribution in [0.4, 0.5) is 4.39 Å². The lowest BCUT2D eigenvalue weighted by molar-refractivity contribution is 0.0640. The maximum absolute atomic E-state index is 13.3. The summed E-state index contributed by atoms with van der Waals surface area (Å²) in [5, 5.41) is 21.2. The van der Waals surface area contributed by atoms with Crippen molar-refractivity contribution in [3.63, 3.8) is 0 Å². The third kappa shape index (κ3) is 4.51. The van der Waals surface area contributed by atoms with Gasteiger partial charge in [0.2, 0.25) is 0 Å². The molecule has 4 nitrogen and oxygen atoms in total. The summed E-state index contributed by atoms with van der Waals surface area (Å²) in [6.07, 6.45) is 1.82. The molecule has 0 bridgehead atoms. The molecule has 0 amide bonds. The Bertz CT molecular complexity index is 715. The maximum atomic E-state index is 13.3. The van der Waals surface area contributed by atoms with Crippen LogP contribution in [0.1, 0.15) is 39.9 Å². The predicted molar refractivity (Wildman–Crippen MR) is 94.9 cm³/mol. The van der Waals surface area contributed by atoms with Crippen LogP contribution >= 0.6 is 0 Å². The molecule has 0 aromatic heterocycles. The topological polar surface area (TPSA) is 60.8 Å². The molecule has 0 fully saturated rings. The lowest BCUT2D eigenvalue weighted by Crippen LogP contribution is -2.30. The second kappa shape index (κ2) is 8.34. The van der Waals surface area contributed by atoms with Gasteiger partial charge in [0.15, 0.2) is 0 Å². The molecule has 0 aliphatic carbocycles. The summed E-state index contributed by atoms with van der Waals surface area (Å²) < 4.78 is 13.3. The molecule has 0 heterocycles. The first-order chi connectivity index (χ1) is 11.9. The van der Waals surface area contributed by atoms with Crippen molar-refractivity contribution in [3.8, 4) is 0 Å². The van der Waals surface area contributed by atoms with E-state index in [2.05, 4.69) is 0 Å². The molecule has 25 heavy (non-hydrogen) atoms. The van der Waals surface area contributed by atoms with E-state index in [1.54, 1.807) is 30.3 Å². The molecule has 0 aliphatic rings. The standard InChI is InChI=1S/C20H24FNO3/c1-22(2)11-3-10-20(25,17-5-7-18(21)8-6-17)19-9-4-15(13-23)12-16(19)14-24/h4-9,12-13,24-25H,3,10-11,14H2,1-2H3. The van der Waals surface area contributed by atoms with Gasteiger partial charge >= 0.3 is 0 Å². The van der Waals surface area contributed by atoms with Crippen molar-refractivity contribution in [1.82, 2.24) is 4.90 Å². The Balaban J connectivity index is 2.50. The number of nitrogens with zero attached hydrogens (tertiary/aromatic N) is 1. The number of rotatable bonds is 8. The smallest absolute Gasteiger partial charge is 0.150 e. The third-order valence-electron chi connectivity index (χ3n) is 4.35. The SMILES string of the molecule is CN(C)CCCC(O)(c1ccc(F)cc1)c1ccc(C=O)cc1CO. The second-order valence-corrected chi connectivity index (χ2v) is 6.47. The van der Waals surface area contributed by atoms with Gasteiger partial charge in [-0.15, -0.1) is 0 Å². The number of hydrogen-bond acceptors (Lipinski definition) is 4. The van der Waals surface area contributed by atoms with E-state index in [4.69, 9.17) is 0 Å². The van der Waals surface area contributed by atoms with Crippen molar-refractivity contribution in [2.24, 2.45) is 0 Å². The Kier molecular flexibility index (Phi) is 6.42. The highest BCUT2D eigenvalue weighted by Crippen LogP contribution is 2.36. The summed E-state index contributed by atoms with van der Waals surface area (Å²) >= 11 is 0. The van der Waals surface area contributed by atoms with E-state index in [0.717, 1.165) is 6.54 Å². The molecular weight excluding hydrogens is 321 g/mol. The lowest BCUT2D eigenvalue weighted by Gasteiger charge is -2.32. The summed E-state index contributed by atoms with van der Waals surface area (Å²) in [7, 11) is 3.91. The summed E-state index contributed by atoms with van der Waals surface area (Å²) in [6, 6.07) is 10.6. The second-order valence-electron chi connectivity index (χ2n) is 6.47. The Morgan fingerprint density at radius 3 is 2.40 bits per heavy atom. The third-order valence-corrected chi connectivity index (χ3v) is 4.35. The van der Waals surface area contributed by atoms with E-state index in [0.29, 0.717) is 41.4 Å². The summed E-state index contributed by atoms with van der Waals surface area (Å²) in [5.41, 5.74) is 0.638. The Hall–Kier alpha value is -2.08. The van der Waals surface area contributed by atoms with Crippen molar-refractivity contribution >= 4 is 6.29 Å². The summed E-state index contributed by atoms with van der Waals surface area (Å²) in [5.74, 6) is -0.377. The van der Waals surface area contributed by atoms with Crippen molar-refractivity contribution in [3.05, 3.63) is 70.5 Å². The van der Waals surface area contributed by atoms with Gasteiger partial charge in [-0.2, -0.15) is 0 Å². The molecule has 0 radical (unpaired) electrons. The van der Waals surface area contributed by atoms with Crippen LogP contribution in [-0.2, 0) is 12.2 Å². The van der Waals surface area contributed by atoms with Gasteiger partial charge in [0.1, 0.15) is 17.7 Å². The number of carbonyl (C=O) groups is 1. The zero-order valence-corrected chi connectivity index (χ0v) is 14.6. The minimum Gasteiger partial charge on any atom is -0.392 e. The Morgan fingerprint density at radius 2 is 1.84 bits per heavy atom. The van der Waals surface area contributed by atoms with Crippen molar-refractivity contribution in [2.75, 3.05) is 20.6 Å². The molecule has 0 spiro atoms. The van der Waals surface area contributed by atoms with Gasteiger partial charge in [-0.25, -0.2) is 4.39 Å². The number of hydrogen-bond donors (Lipinski definition) is 2. The molecule has 134 valence electrons. The van der Waals surface area contributed by atoms with Crippen LogP contribution in [0, 0.1) is 5.82 Å². The lowest BCUT2D eigenvalue weighted by atomic mass is 9.80. The van der Waals surface area contributed by atoms with E-state index < -0.39 is 5.60 Å². The quantitative estimate of drug-likeness (QED) is 0.722. The van der Waals surface area contributed by atoms with Crippen LogP contribution in [-0.4, -0.2) is 42.0 Å². The van der Waals surface area contributed by atoms with E-state index in [1.165, 1.54) is 12.1 Å². The predicted octanol–water partition coefficient (Wildman–Crippen LogP) is 2.71. The zero-order valence-electron chi connectivity index (χ0n) is 14.6. The van der Waals surface area contributed by atoms with Gasteiger partial charge in [-0.05, 0) is 68.4 Å². The zero-order chi connectivity index (χ0) is 18.4. The fraction of sp³-hybridized carbons (Fsp3) is 0.350. The molecular formula is C20H24FNO3. The fourth-order valence-corrected chi connectivity index (χ4v) is 3.03. The van der Waals surface area contributed by atoms with Crippen LogP contribution in [0.15, 0.2) is 42.5 Å². The van der Waals surface area contributed by atoms with Crippen LogP contribution < -0.4 is 0 Å². The van der Waals surface area contributed by atoms with Gasteiger partial charge in [0.05, 0.1) is 6.61 Å². The number of aldehydes is 1. The van der Waals surface area contributed by atoms with Crippen LogP contribution in [0.2, 0.25) is 0 Å². The molecule has 1 atom stereocenters. The van der Waals surface area contributed by atoms with Crippen molar-refractivity contribution < 1.29 is 19.4 Å². The number of aliphatic hydroxyl groups excluding tert-OH is 1. The molecule has 0 saturated heterocycles. The molecule has 0 aliphatic heterocycles. The first-order valence-corrected chi connectivity index (χ1v) is 8.23. The number of aliphatic hydroxyl groups is 2. The van der Waals surface area contributed by atoms with Gasteiger partial charge in [0, 0.05) is 5.56 Å².